The molecule has 1 unspecified atom stereocenters. The number of ether oxygens (including phenoxy) is 1. The third-order valence-electron chi connectivity index (χ3n) is 6.68. The molecule has 1 saturated carbocycles. The van der Waals surface area contributed by atoms with E-state index in [-0.39, 0.29) is 23.7 Å². The highest BCUT2D eigenvalue weighted by molar-refractivity contribution is 7.93. The Kier molecular flexibility index (Phi) is 5.60. The summed E-state index contributed by atoms with van der Waals surface area (Å²) in [5.41, 5.74) is 0.652. The molecule has 1 amide bonds. The molecular formula is C23H23ClN4O5S. The fourth-order valence-electron chi connectivity index (χ4n) is 4.62. The molecule has 3 heterocycles. The van der Waals surface area contributed by atoms with E-state index in [2.05, 4.69) is 15.5 Å². The van der Waals surface area contributed by atoms with E-state index in [0.717, 1.165) is 5.56 Å². The number of carbonyl (C=O) groups excluding carboxylic acids is 1. The van der Waals surface area contributed by atoms with Gasteiger partial charge < -0.3 is 14.6 Å². The zero-order chi connectivity index (χ0) is 24.1. The summed E-state index contributed by atoms with van der Waals surface area (Å²) in [7, 11) is -1.71. The Morgan fingerprint density at radius 3 is 2.74 bits per heavy atom. The molecule has 0 bridgehead atoms. The average Bonchev–Trinajstić information content (AvgIpc) is 3.61. The summed E-state index contributed by atoms with van der Waals surface area (Å²) >= 11 is 5.89. The SMILES string of the molecule is Cn1c(=O)c(C(=O)NCc2ccc(Cl)cc2)cc2cnnc(OC3CCCS(=O)(=O)C34CC4)c21. The van der Waals surface area contributed by atoms with Gasteiger partial charge >= 0.3 is 0 Å². The number of halogens is 1. The first-order chi connectivity index (χ1) is 16.2. The van der Waals surface area contributed by atoms with Crippen LogP contribution in [0.25, 0.3) is 10.9 Å². The molecule has 5 rings (SSSR count). The van der Waals surface area contributed by atoms with Gasteiger partial charge in [0.25, 0.3) is 17.3 Å². The van der Waals surface area contributed by atoms with Crippen LogP contribution in [0, 0.1) is 0 Å². The molecule has 1 atom stereocenters. The van der Waals surface area contributed by atoms with Crippen LogP contribution >= 0.6 is 11.6 Å². The van der Waals surface area contributed by atoms with E-state index in [1.54, 1.807) is 24.3 Å². The third-order valence-corrected chi connectivity index (χ3v) is 9.67. The summed E-state index contributed by atoms with van der Waals surface area (Å²) in [6.07, 6.45) is 3.15. The van der Waals surface area contributed by atoms with Crippen LogP contribution in [0.1, 0.15) is 41.6 Å². The van der Waals surface area contributed by atoms with Gasteiger partial charge in [0.15, 0.2) is 9.84 Å². The van der Waals surface area contributed by atoms with Crippen molar-refractivity contribution in [3.63, 3.8) is 0 Å². The lowest BCUT2D eigenvalue weighted by atomic mass is 10.1. The first kappa shape index (κ1) is 22.8. The highest BCUT2D eigenvalue weighted by atomic mass is 35.5. The van der Waals surface area contributed by atoms with Crippen molar-refractivity contribution >= 4 is 38.2 Å². The molecule has 1 aromatic carbocycles. The van der Waals surface area contributed by atoms with Crippen LogP contribution in [0.15, 0.2) is 41.3 Å². The topological polar surface area (TPSA) is 120 Å². The van der Waals surface area contributed by atoms with Gasteiger partial charge in [-0.25, -0.2) is 8.42 Å². The van der Waals surface area contributed by atoms with Crippen molar-refractivity contribution in [3.05, 3.63) is 63.0 Å². The molecule has 1 aliphatic carbocycles. The number of aryl methyl sites for hydroxylation is 1. The quantitative estimate of drug-likeness (QED) is 0.568. The van der Waals surface area contributed by atoms with Gasteiger partial charge in [-0.2, -0.15) is 5.10 Å². The van der Waals surface area contributed by atoms with Crippen LogP contribution in [0.5, 0.6) is 5.88 Å². The van der Waals surface area contributed by atoms with E-state index < -0.39 is 32.2 Å². The number of rotatable bonds is 5. The predicted octanol–water partition coefficient (Wildman–Crippen LogP) is 2.40. The second-order valence-corrected chi connectivity index (χ2v) is 11.7. The van der Waals surface area contributed by atoms with Gasteiger partial charge in [0.05, 0.1) is 11.9 Å². The van der Waals surface area contributed by atoms with Gasteiger partial charge in [0.2, 0.25) is 0 Å². The van der Waals surface area contributed by atoms with Gasteiger partial charge in [-0.1, -0.05) is 23.7 Å². The van der Waals surface area contributed by atoms with Gasteiger partial charge in [-0.05, 0) is 49.4 Å². The molecule has 1 aliphatic heterocycles. The summed E-state index contributed by atoms with van der Waals surface area (Å²) in [5, 5.41) is 11.9. The van der Waals surface area contributed by atoms with Gasteiger partial charge in [-0.3, -0.25) is 9.59 Å². The van der Waals surface area contributed by atoms with E-state index in [1.165, 1.54) is 23.9 Å². The molecule has 9 nitrogen and oxygen atoms in total. The normalized spacial score (nSPS) is 20.2. The number of carbonyl (C=O) groups is 1. The van der Waals surface area contributed by atoms with Gasteiger partial charge in [0, 0.05) is 24.0 Å². The molecule has 0 radical (unpaired) electrons. The first-order valence-corrected chi connectivity index (χ1v) is 13.0. The zero-order valence-electron chi connectivity index (χ0n) is 18.5. The van der Waals surface area contributed by atoms with Crippen molar-refractivity contribution in [1.29, 1.82) is 0 Å². The van der Waals surface area contributed by atoms with E-state index in [0.29, 0.717) is 41.6 Å². The highest BCUT2D eigenvalue weighted by Crippen LogP contribution is 2.52. The minimum Gasteiger partial charge on any atom is -0.470 e. The van der Waals surface area contributed by atoms with Crippen molar-refractivity contribution in [1.82, 2.24) is 20.1 Å². The van der Waals surface area contributed by atoms with Crippen molar-refractivity contribution < 1.29 is 17.9 Å². The summed E-state index contributed by atoms with van der Waals surface area (Å²) in [4.78, 5) is 25.8. The van der Waals surface area contributed by atoms with Crippen LogP contribution < -0.4 is 15.6 Å². The Balaban J connectivity index is 1.44. The van der Waals surface area contributed by atoms with Gasteiger partial charge in [0.1, 0.15) is 21.9 Å². The van der Waals surface area contributed by atoms with Crippen LogP contribution in [0.3, 0.4) is 0 Å². The van der Waals surface area contributed by atoms with E-state index >= 15 is 0 Å². The first-order valence-electron chi connectivity index (χ1n) is 11.0. The van der Waals surface area contributed by atoms with E-state index in [1.807, 2.05) is 0 Å². The molecule has 1 spiro atoms. The Hall–Kier alpha value is -2.98. The maximum atomic E-state index is 13.1. The van der Waals surface area contributed by atoms with Crippen molar-refractivity contribution in [2.45, 2.75) is 43.1 Å². The number of fused-ring (bicyclic) bond motifs is 1. The largest absolute Gasteiger partial charge is 0.470 e. The number of nitrogens with zero attached hydrogens (tertiary/aromatic N) is 3. The Morgan fingerprint density at radius 1 is 1.29 bits per heavy atom. The van der Waals surface area contributed by atoms with Crippen LogP contribution in [-0.4, -0.2) is 45.7 Å². The molecule has 3 aromatic rings. The van der Waals surface area contributed by atoms with Crippen molar-refractivity contribution in [3.8, 4) is 5.88 Å². The Morgan fingerprint density at radius 2 is 2.03 bits per heavy atom. The lowest BCUT2D eigenvalue weighted by molar-refractivity contribution is 0.0949. The maximum absolute atomic E-state index is 13.1. The molecule has 2 aliphatic rings. The summed E-state index contributed by atoms with van der Waals surface area (Å²) in [6.45, 7) is 0.235. The molecule has 2 fully saturated rings. The lowest BCUT2D eigenvalue weighted by Gasteiger charge is -2.31. The van der Waals surface area contributed by atoms with Gasteiger partial charge in [-0.15, -0.1) is 5.10 Å². The van der Waals surface area contributed by atoms with Crippen LogP contribution in [0.2, 0.25) is 5.02 Å². The molecule has 11 heteroatoms. The fourth-order valence-corrected chi connectivity index (χ4v) is 6.99. The summed E-state index contributed by atoms with van der Waals surface area (Å²) in [5.74, 6) is -0.258. The number of hydrogen-bond donors (Lipinski definition) is 1. The standard InChI is InChI=1S/C23H23ClN4O5S/c1-28-19-15(11-17(22(28)30)20(29)25-12-14-4-6-16(24)7-5-14)13-26-27-21(19)33-18-3-2-10-34(31,32)23(18)8-9-23/h4-7,11,13,18H,2-3,8-10,12H2,1H3,(H,25,29). The van der Waals surface area contributed by atoms with E-state index in [4.69, 9.17) is 16.3 Å². The molecule has 1 N–H and O–H groups in total. The molecule has 2 aromatic heterocycles. The average molecular weight is 503 g/mol. The predicted molar refractivity (Wildman–Crippen MR) is 127 cm³/mol. The number of benzene rings is 1. The minimum absolute atomic E-state index is 0.0400. The number of aromatic nitrogens is 3. The second-order valence-electron chi connectivity index (χ2n) is 8.82. The summed E-state index contributed by atoms with van der Waals surface area (Å²) in [6, 6.07) is 8.49. The van der Waals surface area contributed by atoms with E-state index in [9.17, 15) is 18.0 Å². The minimum atomic E-state index is -3.24. The molecular weight excluding hydrogens is 480 g/mol. The summed E-state index contributed by atoms with van der Waals surface area (Å²) < 4.78 is 31.8. The smallest absolute Gasteiger partial charge is 0.263 e. The molecule has 34 heavy (non-hydrogen) atoms. The number of pyridine rings is 1. The lowest BCUT2D eigenvalue weighted by Crippen LogP contribution is -2.45. The molecule has 178 valence electrons. The number of hydrogen-bond acceptors (Lipinski definition) is 7. The fraction of sp³-hybridized carbons (Fsp3) is 0.391. The Labute approximate surface area is 201 Å². The number of nitrogens with one attached hydrogen (secondary N) is 1. The number of sulfone groups is 1. The zero-order valence-corrected chi connectivity index (χ0v) is 20.0. The third kappa shape index (κ3) is 3.84. The maximum Gasteiger partial charge on any atom is 0.263 e. The number of amides is 1. The monoisotopic (exact) mass is 502 g/mol. The van der Waals surface area contributed by atoms with Crippen molar-refractivity contribution in [2.24, 2.45) is 7.05 Å². The highest BCUT2D eigenvalue weighted by Gasteiger charge is 2.62. The van der Waals surface area contributed by atoms with Crippen LogP contribution in [0.4, 0.5) is 0 Å². The van der Waals surface area contributed by atoms with Crippen molar-refractivity contribution in [2.75, 3.05) is 5.75 Å². The second kappa shape index (κ2) is 8.35. The van der Waals surface area contributed by atoms with Crippen LogP contribution in [-0.2, 0) is 23.4 Å². The molecule has 1 saturated heterocycles. The Bertz CT molecular complexity index is 1450.